The average Bonchev–Trinajstić information content (AvgIpc) is 2.29. The lowest BCUT2D eigenvalue weighted by molar-refractivity contribution is -0.142. The molecular formula is C11H14O5S. The summed E-state index contributed by atoms with van der Waals surface area (Å²) in [7, 11) is -2.83. The van der Waals surface area contributed by atoms with Crippen molar-refractivity contribution in [3.05, 3.63) is 35.9 Å². The molecule has 0 radical (unpaired) electrons. The summed E-state index contributed by atoms with van der Waals surface area (Å²) in [6.07, 6.45) is -0.00444. The van der Waals surface area contributed by atoms with Gasteiger partial charge in [0.15, 0.2) is 0 Å². The zero-order valence-corrected chi connectivity index (χ0v) is 10.2. The Bertz CT molecular complexity index is 466. The predicted octanol–water partition coefficient (Wildman–Crippen LogP) is 1.22. The Morgan fingerprint density at radius 1 is 1.35 bits per heavy atom. The van der Waals surface area contributed by atoms with E-state index in [0.29, 0.717) is 5.56 Å². The molecule has 0 saturated carbocycles. The molecule has 0 fully saturated rings. The van der Waals surface area contributed by atoms with Crippen molar-refractivity contribution in [2.45, 2.75) is 12.3 Å². The van der Waals surface area contributed by atoms with Crippen LogP contribution in [0.2, 0.25) is 0 Å². The van der Waals surface area contributed by atoms with Crippen molar-refractivity contribution in [1.82, 2.24) is 0 Å². The fraction of sp³-hybridized carbons (Fsp3) is 0.364. The van der Waals surface area contributed by atoms with Gasteiger partial charge < -0.3 is 4.74 Å². The van der Waals surface area contributed by atoms with Crippen molar-refractivity contribution < 1.29 is 22.5 Å². The second-order valence-electron chi connectivity index (χ2n) is 3.56. The molecule has 94 valence electrons. The Morgan fingerprint density at radius 3 is 2.41 bits per heavy atom. The van der Waals surface area contributed by atoms with Crippen molar-refractivity contribution in [2.75, 3.05) is 12.9 Å². The quantitative estimate of drug-likeness (QED) is 0.634. The van der Waals surface area contributed by atoms with E-state index in [1.165, 1.54) is 7.11 Å². The number of methoxy groups -OCH3 is 1. The molecule has 0 saturated heterocycles. The molecule has 0 bridgehead atoms. The number of ether oxygens (including phenoxy) is 1. The summed E-state index contributed by atoms with van der Waals surface area (Å²) < 4.78 is 34.7. The molecule has 1 aromatic rings. The highest BCUT2D eigenvalue weighted by molar-refractivity contribution is 7.85. The molecule has 1 unspecified atom stereocenters. The van der Waals surface area contributed by atoms with Gasteiger partial charge in [0, 0.05) is 0 Å². The van der Waals surface area contributed by atoms with Crippen LogP contribution < -0.4 is 0 Å². The van der Waals surface area contributed by atoms with Gasteiger partial charge in [-0.25, -0.2) is 0 Å². The van der Waals surface area contributed by atoms with E-state index in [2.05, 4.69) is 4.74 Å². The molecule has 5 nitrogen and oxygen atoms in total. The summed E-state index contributed by atoms with van der Waals surface area (Å²) in [5, 5.41) is 0. The van der Waals surface area contributed by atoms with Gasteiger partial charge in [0.2, 0.25) is 0 Å². The molecule has 0 aliphatic carbocycles. The Balaban J connectivity index is 2.86. The molecule has 1 rings (SSSR count). The van der Waals surface area contributed by atoms with Gasteiger partial charge in [-0.2, -0.15) is 8.42 Å². The minimum atomic E-state index is -4.08. The normalized spacial score (nSPS) is 13.1. The Kier molecular flexibility index (Phi) is 4.65. The summed E-state index contributed by atoms with van der Waals surface area (Å²) in [6.45, 7) is 0. The fourth-order valence-electron chi connectivity index (χ4n) is 1.51. The summed E-state index contributed by atoms with van der Waals surface area (Å²) >= 11 is 0. The lowest BCUT2D eigenvalue weighted by Crippen LogP contribution is -2.18. The maximum atomic E-state index is 11.5. The lowest BCUT2D eigenvalue weighted by Gasteiger charge is -2.13. The monoisotopic (exact) mass is 258 g/mol. The maximum Gasteiger partial charge on any atom is 0.313 e. The molecule has 0 aliphatic heterocycles. The second-order valence-corrected chi connectivity index (χ2v) is 5.13. The smallest absolute Gasteiger partial charge is 0.313 e. The zero-order valence-electron chi connectivity index (χ0n) is 9.37. The SMILES string of the molecule is COC(=O)C(CCS(=O)(=O)O)c1ccccc1. The first-order chi connectivity index (χ1) is 7.94. The highest BCUT2D eigenvalue weighted by Crippen LogP contribution is 2.21. The first kappa shape index (κ1) is 13.7. The van der Waals surface area contributed by atoms with Crippen LogP contribution in [0.15, 0.2) is 30.3 Å². The molecule has 1 N–H and O–H groups in total. The molecule has 0 spiro atoms. The van der Waals surface area contributed by atoms with Crippen molar-refractivity contribution in [2.24, 2.45) is 0 Å². The fourth-order valence-corrected chi connectivity index (χ4v) is 2.05. The summed E-state index contributed by atoms with van der Waals surface area (Å²) in [6, 6.07) is 8.72. The minimum absolute atomic E-state index is 0.00444. The van der Waals surface area contributed by atoms with E-state index in [0.717, 1.165) is 0 Å². The van der Waals surface area contributed by atoms with Crippen molar-refractivity contribution in [3.8, 4) is 0 Å². The van der Waals surface area contributed by atoms with Gasteiger partial charge in [0.25, 0.3) is 10.1 Å². The molecule has 0 aromatic heterocycles. The lowest BCUT2D eigenvalue weighted by atomic mass is 9.97. The zero-order chi connectivity index (χ0) is 12.9. The van der Waals surface area contributed by atoms with Crippen LogP contribution in [0.4, 0.5) is 0 Å². The van der Waals surface area contributed by atoms with E-state index >= 15 is 0 Å². The summed E-state index contributed by atoms with van der Waals surface area (Å²) in [4.78, 5) is 11.5. The number of rotatable bonds is 5. The third kappa shape index (κ3) is 4.54. The van der Waals surface area contributed by atoms with Gasteiger partial charge in [-0.05, 0) is 12.0 Å². The van der Waals surface area contributed by atoms with Gasteiger partial charge in [-0.1, -0.05) is 30.3 Å². The van der Waals surface area contributed by atoms with Gasteiger partial charge >= 0.3 is 5.97 Å². The van der Waals surface area contributed by atoms with Gasteiger partial charge in [0.05, 0.1) is 18.8 Å². The largest absolute Gasteiger partial charge is 0.469 e. The van der Waals surface area contributed by atoms with Crippen LogP contribution in [-0.2, 0) is 19.6 Å². The number of esters is 1. The first-order valence-electron chi connectivity index (χ1n) is 5.02. The molecule has 0 heterocycles. The van der Waals surface area contributed by atoms with E-state index < -0.39 is 27.8 Å². The molecule has 0 aliphatic rings. The Morgan fingerprint density at radius 2 is 1.94 bits per heavy atom. The minimum Gasteiger partial charge on any atom is -0.469 e. The predicted molar refractivity (Wildman–Crippen MR) is 62.2 cm³/mol. The van der Waals surface area contributed by atoms with Gasteiger partial charge in [-0.3, -0.25) is 9.35 Å². The van der Waals surface area contributed by atoms with Crippen LogP contribution in [0.25, 0.3) is 0 Å². The van der Waals surface area contributed by atoms with E-state index in [1.807, 2.05) is 0 Å². The molecule has 0 amide bonds. The van der Waals surface area contributed by atoms with Crippen LogP contribution in [0.5, 0.6) is 0 Å². The summed E-state index contributed by atoms with van der Waals surface area (Å²) in [5.41, 5.74) is 0.669. The number of hydrogen-bond donors (Lipinski definition) is 1. The van der Waals surface area contributed by atoms with E-state index in [-0.39, 0.29) is 6.42 Å². The highest BCUT2D eigenvalue weighted by Gasteiger charge is 2.23. The molecule has 1 aromatic carbocycles. The molecule has 17 heavy (non-hydrogen) atoms. The van der Waals surface area contributed by atoms with Gasteiger partial charge in [0.1, 0.15) is 0 Å². The van der Waals surface area contributed by atoms with Crippen LogP contribution in [0, 0.1) is 0 Å². The second kappa shape index (κ2) is 5.79. The van der Waals surface area contributed by atoms with Gasteiger partial charge in [-0.15, -0.1) is 0 Å². The van der Waals surface area contributed by atoms with Crippen LogP contribution in [-0.4, -0.2) is 31.8 Å². The number of benzene rings is 1. The van der Waals surface area contributed by atoms with E-state index in [1.54, 1.807) is 30.3 Å². The Hall–Kier alpha value is -1.40. The third-order valence-corrected chi connectivity index (χ3v) is 3.10. The van der Waals surface area contributed by atoms with Crippen LogP contribution in [0.1, 0.15) is 17.9 Å². The number of carbonyl (C=O) groups excluding carboxylic acids is 1. The maximum absolute atomic E-state index is 11.5. The van der Waals surface area contributed by atoms with Crippen molar-refractivity contribution in [3.63, 3.8) is 0 Å². The first-order valence-corrected chi connectivity index (χ1v) is 6.63. The number of carbonyl (C=O) groups is 1. The van der Waals surface area contributed by atoms with E-state index in [4.69, 9.17) is 4.55 Å². The van der Waals surface area contributed by atoms with Crippen LogP contribution in [0.3, 0.4) is 0 Å². The molecular weight excluding hydrogens is 244 g/mol. The van der Waals surface area contributed by atoms with Crippen LogP contribution >= 0.6 is 0 Å². The van der Waals surface area contributed by atoms with Crippen molar-refractivity contribution >= 4 is 16.1 Å². The Labute approximate surface area is 100 Å². The van der Waals surface area contributed by atoms with E-state index in [9.17, 15) is 13.2 Å². The highest BCUT2D eigenvalue weighted by atomic mass is 32.2. The standard InChI is InChI=1S/C11H14O5S/c1-16-11(12)10(7-8-17(13,14)15)9-5-3-2-4-6-9/h2-6,10H,7-8H2,1H3,(H,13,14,15). The summed E-state index contributed by atoms with van der Waals surface area (Å²) in [5.74, 6) is -1.66. The number of hydrogen-bond acceptors (Lipinski definition) is 4. The average molecular weight is 258 g/mol. The third-order valence-electron chi connectivity index (χ3n) is 2.35. The van der Waals surface area contributed by atoms with Crippen molar-refractivity contribution in [1.29, 1.82) is 0 Å². The molecule has 6 heteroatoms. The topological polar surface area (TPSA) is 80.7 Å². The molecule has 1 atom stereocenters.